The molecule has 1 saturated heterocycles. The molecule has 0 spiro atoms. The van der Waals surface area contributed by atoms with E-state index in [0.717, 1.165) is 70.8 Å². The van der Waals surface area contributed by atoms with Gasteiger partial charge in [-0.1, -0.05) is 20.8 Å². The van der Waals surface area contributed by atoms with Crippen molar-refractivity contribution in [2.24, 2.45) is 46.3 Å². The van der Waals surface area contributed by atoms with Gasteiger partial charge in [0.1, 0.15) is 12.2 Å². The molecule has 12 atom stereocenters. The van der Waals surface area contributed by atoms with Crippen LogP contribution < -0.4 is 10.6 Å². The van der Waals surface area contributed by atoms with Gasteiger partial charge in [-0.3, -0.25) is 19.2 Å². The molecule has 1 amide bonds. The fraction of sp³-hybridized carbons (Fsp3) is 0.882. The molecule has 5 aliphatic rings. The molecular weight excluding hydrogens is 548 g/mol. The summed E-state index contributed by atoms with van der Waals surface area (Å²) < 4.78 is 17.0. The molecule has 43 heavy (non-hydrogen) atoms. The molecule has 4 saturated carbocycles. The normalized spacial score (nSPS) is 42.5. The number of hydrogen-bond donors (Lipinski definition) is 2. The van der Waals surface area contributed by atoms with Gasteiger partial charge in [0.25, 0.3) is 0 Å². The van der Waals surface area contributed by atoms with Crippen LogP contribution in [0.3, 0.4) is 0 Å². The largest absolute Gasteiger partial charge is 0.469 e. The van der Waals surface area contributed by atoms with Crippen LogP contribution in [0.2, 0.25) is 0 Å². The van der Waals surface area contributed by atoms with Crippen LogP contribution in [-0.2, 0) is 33.4 Å². The summed E-state index contributed by atoms with van der Waals surface area (Å²) in [4.78, 5) is 50.1. The van der Waals surface area contributed by atoms with Gasteiger partial charge >= 0.3 is 17.9 Å². The lowest BCUT2D eigenvalue weighted by Gasteiger charge is -2.64. The highest BCUT2D eigenvalue weighted by molar-refractivity contribution is 5.82. The SMILES string of the molecule is COC(=O)CC[C@@H](C)[C@H]1CC[C@H]2[C@@H]3[C@H](NC(=O)[C@@H]4CCCN4)C[C@@H]4C[C@H](OC(C)=O)CC[C@]4(C)[C@H]3C[C@H](OC(C)=O)[C@]12C. The monoisotopic (exact) mass is 602 g/mol. The first-order valence-corrected chi connectivity index (χ1v) is 16.8. The smallest absolute Gasteiger partial charge is 0.305 e. The Balaban J connectivity index is 1.49. The minimum atomic E-state index is -0.255. The zero-order valence-corrected chi connectivity index (χ0v) is 27.1. The van der Waals surface area contributed by atoms with Gasteiger partial charge in [0, 0.05) is 31.7 Å². The molecule has 1 heterocycles. The van der Waals surface area contributed by atoms with Crippen molar-refractivity contribution in [1.29, 1.82) is 0 Å². The van der Waals surface area contributed by atoms with Gasteiger partial charge in [0.2, 0.25) is 5.91 Å². The number of hydrogen-bond acceptors (Lipinski definition) is 8. The molecule has 5 rings (SSSR count). The lowest BCUT2D eigenvalue weighted by Crippen LogP contribution is -2.66. The number of esters is 3. The number of carbonyl (C=O) groups is 4. The van der Waals surface area contributed by atoms with E-state index in [4.69, 9.17) is 14.2 Å². The van der Waals surface area contributed by atoms with E-state index in [1.54, 1.807) is 0 Å². The van der Waals surface area contributed by atoms with Crippen molar-refractivity contribution in [3.05, 3.63) is 0 Å². The summed E-state index contributed by atoms with van der Waals surface area (Å²) in [7, 11) is 1.43. The zero-order valence-electron chi connectivity index (χ0n) is 27.1. The Bertz CT molecular complexity index is 1070. The van der Waals surface area contributed by atoms with Gasteiger partial charge in [-0.05, 0) is 112 Å². The maximum atomic E-state index is 13.6. The lowest BCUT2D eigenvalue weighted by molar-refractivity contribution is -0.203. The summed E-state index contributed by atoms with van der Waals surface area (Å²) >= 11 is 0. The van der Waals surface area contributed by atoms with Gasteiger partial charge in [0.15, 0.2) is 0 Å². The van der Waals surface area contributed by atoms with E-state index in [2.05, 4.69) is 31.4 Å². The van der Waals surface area contributed by atoms with Gasteiger partial charge in [-0.15, -0.1) is 0 Å². The summed E-state index contributed by atoms with van der Waals surface area (Å²) in [5.74, 6) is 1.12. The standard InChI is InChI=1S/C34H54N2O7/c1-19(9-12-30(39)41-6)24-10-11-25-31-26(18-29(34(24,25)5)43-21(3)38)33(4)14-13-23(42-20(2)37)16-22(33)17-28(31)36-32(40)27-8-7-15-35-27/h19,22-29,31,35H,7-18H2,1-6H3,(H,36,40)/t19-,22+,23-,24-,25+,26+,27+,28-,29+,31+,33+,34-/m1/s1. The molecule has 0 unspecified atom stereocenters. The maximum absolute atomic E-state index is 13.6. The first-order chi connectivity index (χ1) is 20.4. The summed E-state index contributed by atoms with van der Waals surface area (Å²) in [5, 5.41) is 6.94. The van der Waals surface area contributed by atoms with E-state index in [-0.39, 0.29) is 82.6 Å². The van der Waals surface area contributed by atoms with E-state index in [9.17, 15) is 19.2 Å². The number of amides is 1. The van der Waals surface area contributed by atoms with Crippen LogP contribution in [0.25, 0.3) is 0 Å². The highest BCUT2D eigenvalue weighted by atomic mass is 16.5. The molecule has 9 nitrogen and oxygen atoms in total. The Labute approximate surface area is 257 Å². The van der Waals surface area contributed by atoms with Gasteiger partial charge in [-0.2, -0.15) is 0 Å². The molecule has 0 aromatic rings. The highest BCUT2D eigenvalue weighted by Gasteiger charge is 2.67. The summed E-state index contributed by atoms with van der Waals surface area (Å²) in [6.45, 7) is 10.8. The molecule has 5 fully saturated rings. The molecule has 4 aliphatic carbocycles. The Morgan fingerprint density at radius 2 is 1.70 bits per heavy atom. The van der Waals surface area contributed by atoms with E-state index in [0.29, 0.717) is 18.3 Å². The number of ether oxygens (including phenoxy) is 3. The van der Waals surface area contributed by atoms with Crippen LogP contribution in [-0.4, -0.2) is 61.8 Å². The molecule has 0 aromatic carbocycles. The lowest BCUT2D eigenvalue weighted by atomic mass is 9.42. The first kappa shape index (κ1) is 32.2. The minimum Gasteiger partial charge on any atom is -0.469 e. The highest BCUT2D eigenvalue weighted by Crippen LogP contribution is 2.69. The number of nitrogens with one attached hydrogen (secondary N) is 2. The third kappa shape index (κ3) is 6.08. The minimum absolute atomic E-state index is 0.00245. The van der Waals surface area contributed by atoms with Crippen molar-refractivity contribution in [1.82, 2.24) is 10.6 Å². The Morgan fingerprint density at radius 3 is 2.35 bits per heavy atom. The summed E-state index contributed by atoms with van der Waals surface area (Å²) in [6.07, 6.45) is 8.97. The second-order valence-corrected chi connectivity index (χ2v) is 15.0. The second-order valence-electron chi connectivity index (χ2n) is 15.0. The molecule has 0 aromatic heterocycles. The van der Waals surface area contributed by atoms with Crippen molar-refractivity contribution >= 4 is 23.8 Å². The summed E-state index contributed by atoms with van der Waals surface area (Å²) in [5.41, 5.74) is -0.252. The van der Waals surface area contributed by atoms with Crippen molar-refractivity contribution < 1.29 is 33.4 Å². The Morgan fingerprint density at radius 1 is 0.953 bits per heavy atom. The Kier molecular flexibility index (Phi) is 9.51. The molecule has 1 aliphatic heterocycles. The van der Waals surface area contributed by atoms with E-state index in [1.165, 1.54) is 21.0 Å². The van der Waals surface area contributed by atoms with Crippen LogP contribution in [0.15, 0.2) is 0 Å². The Hall–Kier alpha value is -2.16. The molecule has 0 radical (unpaired) electrons. The molecule has 9 heteroatoms. The fourth-order valence-electron chi connectivity index (χ4n) is 10.8. The fourth-order valence-corrected chi connectivity index (χ4v) is 10.8. The van der Waals surface area contributed by atoms with Crippen molar-refractivity contribution in [2.45, 2.75) is 130 Å². The average molecular weight is 603 g/mol. The van der Waals surface area contributed by atoms with Crippen molar-refractivity contribution in [3.63, 3.8) is 0 Å². The first-order valence-electron chi connectivity index (χ1n) is 16.8. The molecule has 242 valence electrons. The van der Waals surface area contributed by atoms with Crippen molar-refractivity contribution in [3.8, 4) is 0 Å². The van der Waals surface area contributed by atoms with Gasteiger partial charge < -0.3 is 24.8 Å². The quantitative estimate of drug-likeness (QED) is 0.307. The number of rotatable bonds is 8. The number of fused-ring (bicyclic) bond motifs is 5. The molecular formula is C34H54N2O7. The number of methoxy groups -OCH3 is 1. The van der Waals surface area contributed by atoms with Crippen LogP contribution in [0.4, 0.5) is 0 Å². The second kappa shape index (κ2) is 12.7. The third-order valence-electron chi connectivity index (χ3n) is 12.9. The van der Waals surface area contributed by atoms with Crippen LogP contribution in [0.1, 0.15) is 105 Å². The summed E-state index contributed by atoms with van der Waals surface area (Å²) in [6, 6.07) is -0.133. The topological polar surface area (TPSA) is 120 Å². The predicted octanol–water partition coefficient (Wildman–Crippen LogP) is 4.55. The van der Waals surface area contributed by atoms with Crippen LogP contribution >= 0.6 is 0 Å². The van der Waals surface area contributed by atoms with E-state index >= 15 is 0 Å². The van der Waals surface area contributed by atoms with E-state index in [1.807, 2.05) is 0 Å². The third-order valence-corrected chi connectivity index (χ3v) is 12.9. The van der Waals surface area contributed by atoms with Crippen LogP contribution in [0, 0.1) is 46.3 Å². The molecule has 0 bridgehead atoms. The van der Waals surface area contributed by atoms with E-state index < -0.39 is 0 Å². The molecule has 2 N–H and O–H groups in total. The predicted molar refractivity (Wildman–Crippen MR) is 160 cm³/mol. The average Bonchev–Trinajstić information content (AvgIpc) is 3.61. The zero-order chi connectivity index (χ0) is 31.1. The van der Waals surface area contributed by atoms with Gasteiger partial charge in [-0.25, -0.2) is 0 Å². The number of carbonyl (C=O) groups excluding carboxylic acids is 4. The van der Waals surface area contributed by atoms with Gasteiger partial charge in [0.05, 0.1) is 13.2 Å². The van der Waals surface area contributed by atoms with Crippen LogP contribution in [0.5, 0.6) is 0 Å². The van der Waals surface area contributed by atoms with Crippen molar-refractivity contribution in [2.75, 3.05) is 13.7 Å². The maximum Gasteiger partial charge on any atom is 0.305 e.